The third-order valence-corrected chi connectivity index (χ3v) is 4.49. The molecule has 0 spiro atoms. The lowest BCUT2D eigenvalue weighted by atomic mass is 10.0. The molecule has 132 valence electrons. The number of nitrogens with two attached hydrogens (primary N) is 1. The number of rotatable bonds is 2. The number of anilines is 2. The summed E-state index contributed by atoms with van der Waals surface area (Å²) < 4.78 is 0. The van der Waals surface area contributed by atoms with Gasteiger partial charge in [-0.3, -0.25) is 21.0 Å². The second-order valence-electron chi connectivity index (χ2n) is 6.22. The van der Waals surface area contributed by atoms with Gasteiger partial charge < -0.3 is 5.73 Å². The monoisotopic (exact) mass is 353 g/mol. The summed E-state index contributed by atoms with van der Waals surface area (Å²) in [5.41, 5.74) is 7.22. The molecule has 4 aromatic rings. The minimum atomic E-state index is -0.273. The number of hydrogen-bond donors (Lipinski definition) is 4. The predicted molar refractivity (Wildman–Crippen MR) is 113 cm³/mol. The fraction of sp³-hybridized carbons (Fsp3) is 0. The first-order valence-electron chi connectivity index (χ1n) is 8.60. The van der Waals surface area contributed by atoms with Gasteiger partial charge in [-0.2, -0.15) is 0 Å². The van der Waals surface area contributed by atoms with Crippen molar-refractivity contribution in [2.45, 2.75) is 0 Å². The molecule has 0 aliphatic rings. The van der Waals surface area contributed by atoms with Crippen LogP contribution in [0.2, 0.25) is 0 Å². The van der Waals surface area contributed by atoms with Crippen LogP contribution in [-0.4, -0.2) is 11.9 Å². The smallest absolute Gasteiger partial charge is 0.207 e. The van der Waals surface area contributed by atoms with E-state index in [1.165, 1.54) is 0 Å². The molecule has 0 bridgehead atoms. The quantitative estimate of drug-likeness (QED) is 0.315. The van der Waals surface area contributed by atoms with E-state index in [9.17, 15) is 0 Å². The molecular weight excluding hydrogens is 334 g/mol. The first kappa shape index (κ1) is 16.6. The molecule has 0 heterocycles. The van der Waals surface area contributed by atoms with Gasteiger partial charge in [0.25, 0.3) is 0 Å². The molecule has 5 heteroatoms. The van der Waals surface area contributed by atoms with Crippen molar-refractivity contribution in [2.24, 2.45) is 5.73 Å². The van der Waals surface area contributed by atoms with Gasteiger partial charge in [-0.1, -0.05) is 72.8 Å². The maximum absolute atomic E-state index is 8.60. The van der Waals surface area contributed by atoms with Crippen LogP contribution >= 0.6 is 0 Å². The molecule has 5 nitrogen and oxygen atoms in total. The number of nitrogens with zero attached hydrogens (tertiary/aromatic N) is 1. The minimum Gasteiger partial charge on any atom is -0.370 e. The van der Waals surface area contributed by atoms with Gasteiger partial charge in [0.05, 0.1) is 11.4 Å². The zero-order valence-corrected chi connectivity index (χ0v) is 14.6. The molecule has 0 saturated carbocycles. The van der Waals surface area contributed by atoms with Crippen LogP contribution < -0.4 is 16.0 Å². The molecule has 0 amide bonds. The molecule has 0 fully saturated rings. The highest BCUT2D eigenvalue weighted by molar-refractivity contribution is 6.16. The summed E-state index contributed by atoms with van der Waals surface area (Å²) in [5, 5.41) is 23.0. The highest BCUT2D eigenvalue weighted by Gasteiger charge is 2.19. The second-order valence-corrected chi connectivity index (χ2v) is 6.22. The van der Waals surface area contributed by atoms with Crippen LogP contribution in [-0.2, 0) is 0 Å². The maximum Gasteiger partial charge on any atom is 0.207 e. The van der Waals surface area contributed by atoms with Crippen LogP contribution in [0.25, 0.3) is 21.5 Å². The van der Waals surface area contributed by atoms with Gasteiger partial charge in [-0.25, -0.2) is 0 Å². The van der Waals surface area contributed by atoms with E-state index in [1.54, 1.807) is 4.90 Å². The predicted octanol–water partition coefficient (Wildman–Crippen LogP) is 4.55. The van der Waals surface area contributed by atoms with Crippen molar-refractivity contribution in [3.05, 3.63) is 84.9 Å². The lowest BCUT2D eigenvalue weighted by molar-refractivity contribution is 1.15. The molecule has 0 unspecified atom stereocenters. The number of benzene rings is 4. The Labute approximate surface area is 157 Å². The molecule has 0 saturated heterocycles. The zero-order chi connectivity index (χ0) is 18.8. The van der Waals surface area contributed by atoms with E-state index in [2.05, 4.69) is 5.32 Å². The molecule has 27 heavy (non-hydrogen) atoms. The normalized spacial score (nSPS) is 10.7. The van der Waals surface area contributed by atoms with Gasteiger partial charge >= 0.3 is 0 Å². The van der Waals surface area contributed by atoms with Crippen molar-refractivity contribution < 1.29 is 0 Å². The summed E-state index contributed by atoms with van der Waals surface area (Å²) in [6, 6.07) is 28.1. The van der Waals surface area contributed by atoms with Gasteiger partial charge in [0.15, 0.2) is 5.96 Å². The zero-order valence-electron chi connectivity index (χ0n) is 14.6. The molecule has 4 rings (SSSR count). The average Bonchev–Trinajstić information content (AvgIpc) is 2.68. The van der Waals surface area contributed by atoms with E-state index in [-0.39, 0.29) is 11.9 Å². The molecular formula is C22H19N5. The molecule has 0 aliphatic heterocycles. The van der Waals surface area contributed by atoms with Crippen LogP contribution in [0.15, 0.2) is 84.9 Å². The lowest BCUT2D eigenvalue weighted by Gasteiger charge is -2.28. The van der Waals surface area contributed by atoms with Crippen molar-refractivity contribution in [1.82, 2.24) is 5.32 Å². The molecule has 5 N–H and O–H groups in total. The molecule has 0 aromatic heterocycles. The summed E-state index contributed by atoms with van der Waals surface area (Å²) >= 11 is 0. The van der Waals surface area contributed by atoms with Crippen molar-refractivity contribution in [1.29, 1.82) is 10.8 Å². The molecule has 0 radical (unpaired) electrons. The van der Waals surface area contributed by atoms with Crippen LogP contribution in [0.3, 0.4) is 0 Å². The fourth-order valence-electron chi connectivity index (χ4n) is 3.36. The van der Waals surface area contributed by atoms with Gasteiger partial charge in [-0.05, 0) is 22.9 Å². The molecule has 0 atom stereocenters. The average molecular weight is 353 g/mol. The summed E-state index contributed by atoms with van der Waals surface area (Å²) in [6.45, 7) is 0. The Morgan fingerprint density at radius 3 is 1.59 bits per heavy atom. The fourth-order valence-corrected chi connectivity index (χ4v) is 3.36. The summed E-state index contributed by atoms with van der Waals surface area (Å²) in [5.74, 6) is -0.249. The Morgan fingerprint density at radius 1 is 0.667 bits per heavy atom. The Balaban J connectivity index is 2.00. The van der Waals surface area contributed by atoms with E-state index in [1.807, 2.05) is 84.9 Å². The van der Waals surface area contributed by atoms with E-state index in [0.717, 1.165) is 32.9 Å². The Kier molecular flexibility index (Phi) is 4.18. The van der Waals surface area contributed by atoms with Crippen LogP contribution in [0.4, 0.5) is 11.4 Å². The third kappa shape index (κ3) is 3.06. The van der Waals surface area contributed by atoms with E-state index < -0.39 is 0 Å². The van der Waals surface area contributed by atoms with Crippen molar-refractivity contribution in [3.63, 3.8) is 0 Å². The largest absolute Gasteiger partial charge is 0.370 e. The Bertz CT molecular complexity index is 1080. The summed E-state index contributed by atoms with van der Waals surface area (Å²) in [6.07, 6.45) is 0. The van der Waals surface area contributed by atoms with Crippen molar-refractivity contribution >= 4 is 44.8 Å². The first-order valence-corrected chi connectivity index (χ1v) is 8.60. The Morgan fingerprint density at radius 2 is 1.11 bits per heavy atom. The van der Waals surface area contributed by atoms with Crippen molar-refractivity contribution in [2.75, 3.05) is 4.90 Å². The third-order valence-electron chi connectivity index (χ3n) is 4.49. The number of hydrogen-bond acceptors (Lipinski definition) is 2. The van der Waals surface area contributed by atoms with Gasteiger partial charge in [0, 0.05) is 10.8 Å². The highest BCUT2D eigenvalue weighted by atomic mass is 15.3. The standard InChI is InChI=1S/C22H19N5/c23-21(24)26-22(25)27(19-13-5-9-15-7-1-3-11-17(15)19)20-14-6-10-16-8-2-4-12-18(16)20/h1-14H,(H5,23,24,25,26). The highest BCUT2D eigenvalue weighted by Crippen LogP contribution is 2.36. The SMILES string of the molecule is N=C(N)NC(=N)N(c1cccc2ccccc12)c1cccc2ccccc12. The van der Waals surface area contributed by atoms with Crippen LogP contribution in [0, 0.1) is 10.8 Å². The lowest BCUT2D eigenvalue weighted by Crippen LogP contribution is -2.44. The van der Waals surface area contributed by atoms with Crippen LogP contribution in [0.1, 0.15) is 0 Å². The maximum atomic E-state index is 8.60. The minimum absolute atomic E-state index is 0.0233. The van der Waals surface area contributed by atoms with Crippen molar-refractivity contribution in [3.8, 4) is 0 Å². The van der Waals surface area contributed by atoms with Gasteiger partial charge in [0.2, 0.25) is 5.96 Å². The van der Waals surface area contributed by atoms with Gasteiger partial charge in [-0.15, -0.1) is 0 Å². The van der Waals surface area contributed by atoms with E-state index in [0.29, 0.717) is 0 Å². The summed E-state index contributed by atoms with van der Waals surface area (Å²) in [7, 11) is 0. The number of nitrogens with one attached hydrogen (secondary N) is 3. The first-order chi connectivity index (χ1) is 13.1. The topological polar surface area (TPSA) is 89.0 Å². The number of guanidine groups is 2. The Hall–Kier alpha value is -3.86. The van der Waals surface area contributed by atoms with E-state index in [4.69, 9.17) is 16.6 Å². The van der Waals surface area contributed by atoms with E-state index >= 15 is 0 Å². The second kappa shape index (κ2) is 6.80. The number of fused-ring (bicyclic) bond motifs is 2. The summed E-state index contributed by atoms with van der Waals surface area (Å²) in [4.78, 5) is 1.80. The molecule has 0 aliphatic carbocycles. The van der Waals surface area contributed by atoms with Gasteiger partial charge in [0.1, 0.15) is 0 Å². The van der Waals surface area contributed by atoms with Crippen LogP contribution in [0.5, 0.6) is 0 Å². The molecule has 4 aromatic carbocycles.